The van der Waals surface area contributed by atoms with Crippen molar-refractivity contribution in [3.05, 3.63) is 0 Å². The Bertz CT molecular complexity index is 824. The first-order valence-corrected chi connectivity index (χ1v) is 12.2. The summed E-state index contributed by atoms with van der Waals surface area (Å²) in [6.07, 6.45) is 1.24. The minimum Gasteiger partial charge on any atom is -0.481 e. The van der Waals surface area contributed by atoms with Gasteiger partial charge in [0.2, 0.25) is 23.6 Å². The van der Waals surface area contributed by atoms with E-state index >= 15 is 0 Å². The van der Waals surface area contributed by atoms with Gasteiger partial charge in [0.15, 0.2) is 0 Å². The van der Waals surface area contributed by atoms with Crippen LogP contribution in [0.1, 0.15) is 51.4 Å². The number of nitrogens with two attached hydrogens (primary N) is 2. The molecule has 0 aromatic carbocycles. The zero-order valence-electron chi connectivity index (χ0n) is 20.7. The molecule has 0 unspecified atom stereocenters. The molecule has 0 bridgehead atoms. The number of primary amides is 1. The molecule has 1 saturated heterocycles. The van der Waals surface area contributed by atoms with Gasteiger partial charge in [0.05, 0.1) is 31.5 Å². The number of rotatable bonds is 18. The molecule has 4 amide bonds. The van der Waals surface area contributed by atoms with Gasteiger partial charge in [-0.25, -0.2) is 0 Å². The smallest absolute Gasteiger partial charge is 0.305 e. The van der Waals surface area contributed by atoms with Crippen molar-refractivity contribution in [2.75, 3.05) is 26.2 Å². The van der Waals surface area contributed by atoms with E-state index in [0.29, 0.717) is 45.2 Å². The van der Waals surface area contributed by atoms with Gasteiger partial charge in [0.1, 0.15) is 12.1 Å². The van der Waals surface area contributed by atoms with Crippen molar-refractivity contribution < 1.29 is 44.1 Å². The van der Waals surface area contributed by atoms with Crippen molar-refractivity contribution in [2.45, 2.75) is 75.5 Å². The number of nitrogens with zero attached hydrogens (tertiary/aromatic N) is 1. The zero-order chi connectivity index (χ0) is 28.0. The number of likely N-dealkylation sites (tertiary alicyclic amines) is 1. The summed E-state index contributed by atoms with van der Waals surface area (Å²) < 4.78 is 0. The number of carbonyl (C=O) groups excluding carboxylic acids is 4. The van der Waals surface area contributed by atoms with E-state index in [4.69, 9.17) is 16.6 Å². The molecule has 0 aromatic heterocycles. The predicted molar refractivity (Wildman–Crippen MR) is 129 cm³/mol. The summed E-state index contributed by atoms with van der Waals surface area (Å²) in [5, 5.41) is 35.1. The molecule has 0 aromatic rings. The minimum atomic E-state index is -1.43. The van der Waals surface area contributed by atoms with Crippen LogP contribution in [0, 0.1) is 0 Å². The van der Waals surface area contributed by atoms with Crippen LogP contribution in [-0.4, -0.2) is 106 Å². The standard InChI is InChI=1S/C22H38N6O9/c23-8-2-1-4-14(22(37)28-9-3-5-16(28)20(24)35)25-11-13(10-19(33)34)26-21(36)15(12-29)27-17(30)6-7-18(31)32/h13-16,25,29H,1-12,23H2,(H2,24,35)(H,26,36)(H,27,30)(H,31,32)(H,33,34)/t13-,14-,15-,16-/m0/s1. The van der Waals surface area contributed by atoms with Crippen LogP contribution in [-0.2, 0) is 28.8 Å². The summed E-state index contributed by atoms with van der Waals surface area (Å²) in [5.74, 6) is -5.07. The van der Waals surface area contributed by atoms with E-state index in [1.807, 2.05) is 0 Å². The molecule has 15 heteroatoms. The van der Waals surface area contributed by atoms with E-state index in [0.717, 1.165) is 0 Å². The highest BCUT2D eigenvalue weighted by Gasteiger charge is 2.36. The molecule has 0 aliphatic carbocycles. The molecule has 15 nitrogen and oxygen atoms in total. The van der Waals surface area contributed by atoms with Gasteiger partial charge in [-0.3, -0.25) is 28.8 Å². The number of unbranched alkanes of at least 4 members (excludes halogenated alkanes) is 1. The number of carboxylic acid groups (broad SMARTS) is 2. The second-order valence-corrected chi connectivity index (χ2v) is 8.84. The van der Waals surface area contributed by atoms with E-state index < -0.39 is 79.7 Å². The zero-order valence-corrected chi connectivity index (χ0v) is 20.7. The maximum Gasteiger partial charge on any atom is 0.305 e. The van der Waals surface area contributed by atoms with E-state index in [1.54, 1.807) is 0 Å². The fourth-order valence-electron chi connectivity index (χ4n) is 3.98. The molecule has 210 valence electrons. The topological polar surface area (TPSA) is 254 Å². The lowest BCUT2D eigenvalue weighted by molar-refractivity contribution is -0.139. The molecule has 0 saturated carbocycles. The van der Waals surface area contributed by atoms with Crippen LogP contribution in [0.2, 0.25) is 0 Å². The Kier molecular flexibility index (Phi) is 14.1. The van der Waals surface area contributed by atoms with Crippen LogP contribution in [0.3, 0.4) is 0 Å². The highest BCUT2D eigenvalue weighted by atomic mass is 16.4. The molecule has 1 heterocycles. The second kappa shape index (κ2) is 16.4. The van der Waals surface area contributed by atoms with Gasteiger partial charge < -0.3 is 47.6 Å². The van der Waals surface area contributed by atoms with E-state index in [2.05, 4.69) is 16.0 Å². The van der Waals surface area contributed by atoms with Crippen molar-refractivity contribution in [1.29, 1.82) is 0 Å². The Morgan fingerprint density at radius 3 is 2.24 bits per heavy atom. The molecule has 0 radical (unpaired) electrons. The van der Waals surface area contributed by atoms with Gasteiger partial charge in [-0.05, 0) is 32.2 Å². The van der Waals surface area contributed by atoms with Crippen LogP contribution >= 0.6 is 0 Å². The quantitative estimate of drug-likeness (QED) is 0.0821. The molecular formula is C22H38N6O9. The lowest BCUT2D eigenvalue weighted by atomic mass is 10.1. The Balaban J connectivity index is 2.88. The second-order valence-electron chi connectivity index (χ2n) is 8.84. The molecule has 10 N–H and O–H groups in total. The average molecular weight is 531 g/mol. The highest BCUT2D eigenvalue weighted by Crippen LogP contribution is 2.19. The van der Waals surface area contributed by atoms with Crippen LogP contribution in [0.4, 0.5) is 0 Å². The maximum absolute atomic E-state index is 13.2. The number of hydrogen-bond donors (Lipinski definition) is 8. The molecular weight excluding hydrogens is 492 g/mol. The van der Waals surface area contributed by atoms with Crippen LogP contribution in [0.5, 0.6) is 0 Å². The minimum absolute atomic E-state index is 0.142. The molecule has 0 spiro atoms. The molecule has 1 fully saturated rings. The summed E-state index contributed by atoms with van der Waals surface area (Å²) in [4.78, 5) is 72.8. The summed E-state index contributed by atoms with van der Waals surface area (Å²) in [6.45, 7) is -0.178. The largest absolute Gasteiger partial charge is 0.481 e. The van der Waals surface area contributed by atoms with Crippen LogP contribution in [0.15, 0.2) is 0 Å². The van der Waals surface area contributed by atoms with E-state index in [1.165, 1.54) is 4.90 Å². The highest BCUT2D eigenvalue weighted by molar-refractivity contribution is 5.90. The first kappa shape index (κ1) is 31.7. The lowest BCUT2D eigenvalue weighted by Gasteiger charge is -2.29. The van der Waals surface area contributed by atoms with E-state index in [-0.39, 0.29) is 12.5 Å². The van der Waals surface area contributed by atoms with Gasteiger partial charge >= 0.3 is 11.9 Å². The predicted octanol–water partition coefficient (Wildman–Crippen LogP) is -3.15. The van der Waals surface area contributed by atoms with Gasteiger partial charge in [0.25, 0.3) is 0 Å². The number of aliphatic hydroxyl groups excluding tert-OH is 1. The normalized spacial score (nSPS) is 17.5. The third-order valence-corrected chi connectivity index (χ3v) is 5.89. The number of nitrogens with one attached hydrogen (secondary N) is 3. The first-order valence-electron chi connectivity index (χ1n) is 12.2. The molecule has 37 heavy (non-hydrogen) atoms. The van der Waals surface area contributed by atoms with Gasteiger partial charge in [-0.2, -0.15) is 0 Å². The fourth-order valence-corrected chi connectivity index (χ4v) is 3.98. The summed E-state index contributed by atoms with van der Waals surface area (Å²) >= 11 is 0. The summed E-state index contributed by atoms with van der Waals surface area (Å²) in [6, 6.07) is -3.97. The fraction of sp³-hybridized carbons (Fsp3) is 0.727. The number of amides is 4. The van der Waals surface area contributed by atoms with Gasteiger partial charge in [-0.15, -0.1) is 0 Å². The molecule has 4 atom stereocenters. The monoisotopic (exact) mass is 530 g/mol. The number of carbonyl (C=O) groups is 6. The van der Waals surface area contributed by atoms with Crippen molar-refractivity contribution in [2.24, 2.45) is 11.5 Å². The molecule has 1 aliphatic rings. The van der Waals surface area contributed by atoms with Crippen LogP contribution < -0.4 is 27.4 Å². The molecule has 1 aliphatic heterocycles. The Hall–Kier alpha value is -3.30. The number of carboxylic acids is 2. The Labute approximate surface area is 214 Å². The summed E-state index contributed by atoms with van der Waals surface area (Å²) in [5.41, 5.74) is 11.0. The van der Waals surface area contributed by atoms with Crippen LogP contribution in [0.25, 0.3) is 0 Å². The lowest BCUT2D eigenvalue weighted by Crippen LogP contribution is -2.56. The van der Waals surface area contributed by atoms with Crippen molar-refractivity contribution in [3.8, 4) is 0 Å². The van der Waals surface area contributed by atoms with Gasteiger partial charge in [0, 0.05) is 19.5 Å². The van der Waals surface area contributed by atoms with Crippen molar-refractivity contribution in [1.82, 2.24) is 20.9 Å². The van der Waals surface area contributed by atoms with Crippen molar-refractivity contribution in [3.63, 3.8) is 0 Å². The van der Waals surface area contributed by atoms with Gasteiger partial charge in [-0.1, -0.05) is 6.42 Å². The first-order chi connectivity index (χ1) is 17.5. The third kappa shape index (κ3) is 11.5. The average Bonchev–Trinajstić information content (AvgIpc) is 3.32. The SMILES string of the molecule is NCCCC[C@H](NC[C@H](CC(=O)O)NC(=O)[C@H](CO)NC(=O)CCC(=O)O)C(=O)N1CCC[C@H]1C(N)=O. The van der Waals surface area contributed by atoms with E-state index in [9.17, 15) is 39.0 Å². The number of hydrogen-bond acceptors (Lipinski definition) is 9. The number of aliphatic hydroxyl groups is 1. The Morgan fingerprint density at radius 1 is 0.973 bits per heavy atom. The third-order valence-electron chi connectivity index (χ3n) is 5.89. The number of aliphatic carboxylic acids is 2. The summed E-state index contributed by atoms with van der Waals surface area (Å²) in [7, 11) is 0. The molecule has 1 rings (SSSR count). The van der Waals surface area contributed by atoms with Crippen molar-refractivity contribution >= 4 is 35.6 Å². The maximum atomic E-state index is 13.2. The Morgan fingerprint density at radius 2 is 1.68 bits per heavy atom.